The summed E-state index contributed by atoms with van der Waals surface area (Å²) in [4.78, 5) is 11.9. The number of nitriles is 1. The Balaban J connectivity index is 3.04. The molecule has 0 amide bonds. The van der Waals surface area contributed by atoms with Crippen LogP contribution in [-0.4, -0.2) is 12.6 Å². The summed E-state index contributed by atoms with van der Waals surface area (Å²) in [5.41, 5.74) is 1.81. The van der Waals surface area contributed by atoms with E-state index in [1.807, 2.05) is 6.07 Å². The lowest BCUT2D eigenvalue weighted by Crippen LogP contribution is -2.08. The third kappa shape index (κ3) is 3.39. The molecule has 0 saturated carbocycles. The minimum absolute atomic E-state index is 0.115. The maximum Gasteiger partial charge on any atom is 0.310 e. The van der Waals surface area contributed by atoms with Gasteiger partial charge in [0.25, 0.3) is 0 Å². The first-order valence-electron chi connectivity index (χ1n) is 5.09. The fourth-order valence-corrected chi connectivity index (χ4v) is 1.99. The SMILES string of the molecule is CCOC(=O)Cc1ccc(CCl)c(C#N)c1S. The fourth-order valence-electron chi connectivity index (χ4n) is 1.42. The van der Waals surface area contributed by atoms with Crippen molar-refractivity contribution in [3.05, 3.63) is 28.8 Å². The van der Waals surface area contributed by atoms with Gasteiger partial charge in [-0.3, -0.25) is 4.79 Å². The van der Waals surface area contributed by atoms with E-state index in [1.165, 1.54) is 0 Å². The Morgan fingerprint density at radius 1 is 1.53 bits per heavy atom. The first-order valence-corrected chi connectivity index (χ1v) is 6.07. The van der Waals surface area contributed by atoms with Gasteiger partial charge in [-0.1, -0.05) is 12.1 Å². The number of thiol groups is 1. The smallest absolute Gasteiger partial charge is 0.310 e. The van der Waals surface area contributed by atoms with Crippen molar-refractivity contribution in [2.24, 2.45) is 0 Å². The topological polar surface area (TPSA) is 50.1 Å². The highest BCUT2D eigenvalue weighted by Gasteiger charge is 2.13. The van der Waals surface area contributed by atoms with Gasteiger partial charge < -0.3 is 4.74 Å². The molecule has 0 bridgehead atoms. The Morgan fingerprint density at radius 2 is 2.18 bits per heavy atom. The number of carbonyl (C=O) groups is 1. The number of carbonyl (C=O) groups excluding carboxylic acids is 1. The van der Waals surface area contributed by atoms with Crippen molar-refractivity contribution >= 4 is 30.2 Å². The van der Waals surface area contributed by atoms with Crippen LogP contribution < -0.4 is 0 Å². The summed E-state index contributed by atoms with van der Waals surface area (Å²) in [7, 11) is 0. The first-order chi connectivity index (χ1) is 8.13. The largest absolute Gasteiger partial charge is 0.466 e. The molecule has 0 atom stereocenters. The molecule has 0 saturated heterocycles. The van der Waals surface area contributed by atoms with Crippen LogP contribution in [0.15, 0.2) is 17.0 Å². The van der Waals surface area contributed by atoms with Gasteiger partial charge in [-0.05, 0) is 18.1 Å². The van der Waals surface area contributed by atoms with E-state index in [0.29, 0.717) is 28.2 Å². The van der Waals surface area contributed by atoms with Crippen molar-refractivity contribution in [2.75, 3.05) is 6.61 Å². The summed E-state index contributed by atoms with van der Waals surface area (Å²) in [6.45, 7) is 2.09. The summed E-state index contributed by atoms with van der Waals surface area (Å²) in [6.07, 6.45) is 0.115. The number of alkyl halides is 1. The van der Waals surface area contributed by atoms with E-state index in [9.17, 15) is 4.79 Å². The number of nitrogens with zero attached hydrogens (tertiary/aromatic N) is 1. The lowest BCUT2D eigenvalue weighted by atomic mass is 10.0. The van der Waals surface area contributed by atoms with E-state index in [1.54, 1.807) is 19.1 Å². The molecule has 0 radical (unpaired) electrons. The van der Waals surface area contributed by atoms with Crippen molar-refractivity contribution < 1.29 is 9.53 Å². The van der Waals surface area contributed by atoms with Crippen molar-refractivity contribution in [2.45, 2.75) is 24.1 Å². The normalized spacial score (nSPS) is 9.76. The lowest BCUT2D eigenvalue weighted by molar-refractivity contribution is -0.142. The minimum atomic E-state index is -0.328. The molecule has 5 heteroatoms. The second kappa shape index (κ2) is 6.53. The van der Waals surface area contributed by atoms with Crippen LogP contribution in [-0.2, 0) is 21.8 Å². The molecule has 1 aromatic carbocycles. The van der Waals surface area contributed by atoms with Gasteiger partial charge >= 0.3 is 5.97 Å². The molecule has 0 aliphatic heterocycles. The standard InChI is InChI=1S/C12H12ClNO2S/c1-2-16-11(15)5-8-3-4-9(6-13)10(7-14)12(8)17/h3-4,17H,2,5-6H2,1H3. The summed E-state index contributed by atoms with van der Waals surface area (Å²) in [5, 5.41) is 9.02. The van der Waals surface area contributed by atoms with Crippen LogP contribution in [0.25, 0.3) is 0 Å². The molecule has 0 aliphatic carbocycles. The van der Waals surface area contributed by atoms with E-state index in [-0.39, 0.29) is 18.3 Å². The number of halogens is 1. The van der Waals surface area contributed by atoms with Gasteiger partial charge in [-0.25, -0.2) is 0 Å². The highest BCUT2D eigenvalue weighted by Crippen LogP contribution is 2.24. The first kappa shape index (κ1) is 13.9. The molecule has 0 heterocycles. The van der Waals surface area contributed by atoms with Crippen LogP contribution in [0.4, 0.5) is 0 Å². The third-order valence-corrected chi connectivity index (χ3v) is 3.04. The van der Waals surface area contributed by atoms with E-state index in [2.05, 4.69) is 12.6 Å². The third-order valence-electron chi connectivity index (χ3n) is 2.24. The number of esters is 1. The molecule has 0 N–H and O–H groups in total. The summed E-state index contributed by atoms with van der Waals surface area (Å²) in [5.74, 6) is -0.0822. The van der Waals surface area contributed by atoms with Gasteiger partial charge in [0.2, 0.25) is 0 Å². The van der Waals surface area contributed by atoms with Crippen molar-refractivity contribution in [1.82, 2.24) is 0 Å². The van der Waals surface area contributed by atoms with E-state index in [4.69, 9.17) is 21.6 Å². The van der Waals surface area contributed by atoms with Crippen LogP contribution in [0.5, 0.6) is 0 Å². The van der Waals surface area contributed by atoms with Crippen LogP contribution in [0, 0.1) is 11.3 Å². The number of benzene rings is 1. The van der Waals surface area contributed by atoms with Crippen molar-refractivity contribution in [3.63, 3.8) is 0 Å². The van der Waals surface area contributed by atoms with Gasteiger partial charge in [0, 0.05) is 10.8 Å². The highest BCUT2D eigenvalue weighted by molar-refractivity contribution is 7.80. The molecule has 90 valence electrons. The van der Waals surface area contributed by atoms with Crippen molar-refractivity contribution in [1.29, 1.82) is 5.26 Å². The summed E-state index contributed by atoms with van der Waals surface area (Å²) >= 11 is 9.98. The second-order valence-electron chi connectivity index (χ2n) is 3.33. The molecular weight excluding hydrogens is 258 g/mol. The highest BCUT2D eigenvalue weighted by atomic mass is 35.5. The monoisotopic (exact) mass is 269 g/mol. The van der Waals surface area contributed by atoms with Gasteiger partial charge in [-0.2, -0.15) is 5.26 Å². The van der Waals surface area contributed by atoms with Gasteiger partial charge in [0.05, 0.1) is 18.6 Å². The Labute approximate surface area is 111 Å². The van der Waals surface area contributed by atoms with Gasteiger partial charge in [0.1, 0.15) is 6.07 Å². The molecule has 1 aromatic rings. The molecule has 1 rings (SSSR count). The molecule has 3 nitrogen and oxygen atoms in total. The predicted molar refractivity (Wildman–Crippen MR) is 68.3 cm³/mol. The minimum Gasteiger partial charge on any atom is -0.466 e. The van der Waals surface area contributed by atoms with Crippen molar-refractivity contribution in [3.8, 4) is 6.07 Å². The zero-order valence-electron chi connectivity index (χ0n) is 9.36. The van der Waals surface area contributed by atoms with Crippen LogP contribution in [0.1, 0.15) is 23.6 Å². The zero-order valence-corrected chi connectivity index (χ0v) is 11.0. The molecule has 0 aliphatic rings. The average Bonchev–Trinajstić information content (AvgIpc) is 2.31. The Hall–Kier alpha value is -1.18. The molecular formula is C12H12ClNO2S. The summed E-state index contributed by atoms with van der Waals surface area (Å²) < 4.78 is 4.85. The number of hydrogen-bond acceptors (Lipinski definition) is 4. The average molecular weight is 270 g/mol. The fraction of sp³-hybridized carbons (Fsp3) is 0.333. The maximum absolute atomic E-state index is 11.4. The number of hydrogen-bond donors (Lipinski definition) is 1. The lowest BCUT2D eigenvalue weighted by Gasteiger charge is -2.09. The molecule has 0 spiro atoms. The summed E-state index contributed by atoms with van der Waals surface area (Å²) in [6, 6.07) is 5.53. The number of ether oxygens (including phenoxy) is 1. The van der Waals surface area contributed by atoms with Crippen LogP contribution in [0.2, 0.25) is 0 Å². The molecule has 0 fully saturated rings. The zero-order chi connectivity index (χ0) is 12.8. The maximum atomic E-state index is 11.4. The predicted octanol–water partition coefficient (Wildman–Crippen LogP) is 2.69. The van der Waals surface area contributed by atoms with E-state index in [0.717, 1.165) is 0 Å². The van der Waals surface area contributed by atoms with Gasteiger partial charge in [0.15, 0.2) is 0 Å². The Bertz CT molecular complexity index is 468. The van der Waals surface area contributed by atoms with E-state index < -0.39 is 0 Å². The number of rotatable bonds is 4. The molecule has 17 heavy (non-hydrogen) atoms. The quantitative estimate of drug-likeness (QED) is 0.519. The van der Waals surface area contributed by atoms with E-state index >= 15 is 0 Å². The Kier molecular flexibility index (Phi) is 5.33. The second-order valence-corrected chi connectivity index (χ2v) is 4.05. The van der Waals surface area contributed by atoms with Gasteiger partial charge in [-0.15, -0.1) is 24.2 Å². The van der Waals surface area contributed by atoms with Crippen LogP contribution in [0.3, 0.4) is 0 Å². The Morgan fingerprint density at radius 3 is 2.71 bits per heavy atom. The molecule has 0 unspecified atom stereocenters. The van der Waals surface area contributed by atoms with Crippen LogP contribution >= 0.6 is 24.2 Å². The molecule has 0 aromatic heterocycles.